The van der Waals surface area contributed by atoms with Crippen LogP contribution in [-0.2, 0) is 0 Å². The second-order valence-electron chi connectivity index (χ2n) is 3.35. The number of carbonyl (C=O) groups is 1. The number of carbonyl (C=O) groups excluding carboxylic acids is 1. The summed E-state index contributed by atoms with van der Waals surface area (Å²) in [5, 5.41) is 11.6. The molecule has 0 fully saturated rings. The quantitative estimate of drug-likeness (QED) is 0.807. The standard InChI is InChI=1S/C12H10N2O3S/c1-8-4-5-10(17-8)11(16)14-12-13-7-9(18-12)3-2-6-15/h4-5,7,15H,6H2,1H3,(H,13,14,16). The van der Waals surface area contributed by atoms with Gasteiger partial charge in [-0.3, -0.25) is 10.1 Å². The van der Waals surface area contributed by atoms with Crippen LogP contribution in [0.3, 0.4) is 0 Å². The fraction of sp³-hybridized carbons (Fsp3) is 0.167. The van der Waals surface area contributed by atoms with Crippen LogP contribution in [0, 0.1) is 18.8 Å². The van der Waals surface area contributed by atoms with Crippen molar-refractivity contribution in [2.24, 2.45) is 0 Å². The number of amides is 1. The number of hydrogen-bond donors (Lipinski definition) is 2. The number of aryl methyl sites for hydroxylation is 1. The summed E-state index contributed by atoms with van der Waals surface area (Å²) >= 11 is 1.23. The maximum atomic E-state index is 11.7. The molecule has 1 amide bonds. The predicted octanol–water partition coefficient (Wildman–Crippen LogP) is 1.64. The normalized spacial score (nSPS) is 9.67. The third-order valence-electron chi connectivity index (χ3n) is 1.98. The zero-order chi connectivity index (χ0) is 13.0. The van der Waals surface area contributed by atoms with E-state index in [1.807, 2.05) is 0 Å². The Morgan fingerprint density at radius 2 is 2.44 bits per heavy atom. The first-order valence-corrected chi connectivity index (χ1v) is 5.94. The van der Waals surface area contributed by atoms with E-state index in [-0.39, 0.29) is 18.3 Å². The van der Waals surface area contributed by atoms with Gasteiger partial charge in [0.1, 0.15) is 12.4 Å². The number of aliphatic hydroxyl groups is 1. The SMILES string of the molecule is Cc1ccc(C(=O)Nc2ncc(C#CCO)s2)o1. The first-order chi connectivity index (χ1) is 8.69. The van der Waals surface area contributed by atoms with Crippen LogP contribution in [0.5, 0.6) is 0 Å². The van der Waals surface area contributed by atoms with E-state index in [1.165, 1.54) is 17.5 Å². The van der Waals surface area contributed by atoms with Crippen molar-refractivity contribution in [2.45, 2.75) is 6.92 Å². The largest absolute Gasteiger partial charge is 0.456 e. The molecule has 2 rings (SSSR count). The molecule has 0 aromatic carbocycles. The number of rotatable bonds is 2. The second-order valence-corrected chi connectivity index (χ2v) is 4.38. The number of anilines is 1. The van der Waals surface area contributed by atoms with Crippen molar-refractivity contribution in [3.05, 3.63) is 34.7 Å². The molecule has 0 aliphatic heterocycles. The summed E-state index contributed by atoms with van der Waals surface area (Å²) in [6.07, 6.45) is 1.54. The minimum atomic E-state index is -0.348. The molecule has 0 aliphatic rings. The van der Waals surface area contributed by atoms with Crippen LogP contribution in [0.1, 0.15) is 21.2 Å². The van der Waals surface area contributed by atoms with Gasteiger partial charge in [0.05, 0.1) is 11.1 Å². The number of furan rings is 1. The molecule has 92 valence electrons. The Hall–Kier alpha value is -2.10. The first kappa shape index (κ1) is 12.4. The van der Waals surface area contributed by atoms with Crippen LogP contribution in [0.4, 0.5) is 5.13 Å². The van der Waals surface area contributed by atoms with Crippen molar-refractivity contribution in [3.63, 3.8) is 0 Å². The summed E-state index contributed by atoms with van der Waals surface area (Å²) in [4.78, 5) is 16.4. The highest BCUT2D eigenvalue weighted by molar-refractivity contribution is 7.16. The molecule has 0 unspecified atom stereocenters. The second kappa shape index (κ2) is 5.49. The smallest absolute Gasteiger partial charge is 0.293 e. The van der Waals surface area contributed by atoms with Crippen LogP contribution in [0.25, 0.3) is 0 Å². The van der Waals surface area contributed by atoms with Gasteiger partial charge in [-0.15, -0.1) is 0 Å². The van der Waals surface area contributed by atoms with Gasteiger partial charge in [-0.1, -0.05) is 23.2 Å². The number of aromatic nitrogens is 1. The number of nitrogens with zero attached hydrogens (tertiary/aromatic N) is 1. The van der Waals surface area contributed by atoms with Gasteiger partial charge in [-0.05, 0) is 19.1 Å². The summed E-state index contributed by atoms with van der Waals surface area (Å²) in [7, 11) is 0. The highest BCUT2D eigenvalue weighted by Gasteiger charge is 2.11. The molecule has 0 spiro atoms. The molecular formula is C12H10N2O3S. The Morgan fingerprint density at radius 3 is 3.11 bits per heavy atom. The molecule has 2 aromatic rings. The fourth-order valence-electron chi connectivity index (χ4n) is 1.23. The van der Waals surface area contributed by atoms with Gasteiger partial charge in [0.25, 0.3) is 5.91 Å². The minimum absolute atomic E-state index is 0.203. The van der Waals surface area contributed by atoms with Gasteiger partial charge >= 0.3 is 0 Å². The molecule has 2 N–H and O–H groups in total. The molecule has 0 radical (unpaired) electrons. The van der Waals surface area contributed by atoms with Gasteiger partial charge in [0.15, 0.2) is 10.9 Å². The molecule has 18 heavy (non-hydrogen) atoms. The van der Waals surface area contributed by atoms with Crippen molar-refractivity contribution in [3.8, 4) is 11.8 Å². The maximum Gasteiger partial charge on any atom is 0.293 e. The summed E-state index contributed by atoms with van der Waals surface area (Å²) in [6.45, 7) is 1.56. The molecule has 5 nitrogen and oxygen atoms in total. The topological polar surface area (TPSA) is 75.4 Å². The van der Waals surface area contributed by atoms with Crippen LogP contribution in [-0.4, -0.2) is 22.6 Å². The van der Waals surface area contributed by atoms with E-state index in [0.717, 1.165) is 0 Å². The van der Waals surface area contributed by atoms with E-state index in [1.54, 1.807) is 19.1 Å². The zero-order valence-corrected chi connectivity index (χ0v) is 10.4. The average Bonchev–Trinajstić information content (AvgIpc) is 2.96. The maximum absolute atomic E-state index is 11.7. The van der Waals surface area contributed by atoms with Crippen molar-refractivity contribution in [1.29, 1.82) is 0 Å². The molecule has 6 heteroatoms. The highest BCUT2D eigenvalue weighted by atomic mass is 32.1. The molecule has 0 atom stereocenters. The van der Waals surface area contributed by atoms with E-state index in [2.05, 4.69) is 22.1 Å². The molecule has 0 bridgehead atoms. The monoisotopic (exact) mass is 262 g/mol. The fourth-order valence-corrected chi connectivity index (χ4v) is 1.92. The molecule has 2 heterocycles. The Morgan fingerprint density at radius 1 is 1.61 bits per heavy atom. The Kier molecular flexibility index (Phi) is 3.77. The lowest BCUT2D eigenvalue weighted by molar-refractivity contribution is 0.0995. The number of nitrogens with one attached hydrogen (secondary N) is 1. The van der Waals surface area contributed by atoms with Crippen molar-refractivity contribution in [2.75, 3.05) is 11.9 Å². The van der Waals surface area contributed by atoms with Crippen LogP contribution >= 0.6 is 11.3 Å². The predicted molar refractivity (Wildman–Crippen MR) is 67.5 cm³/mol. The van der Waals surface area contributed by atoms with Crippen LogP contribution in [0.15, 0.2) is 22.7 Å². The molecular weight excluding hydrogens is 252 g/mol. The third kappa shape index (κ3) is 2.97. The lowest BCUT2D eigenvalue weighted by atomic mass is 10.4. The number of thiazole rings is 1. The van der Waals surface area contributed by atoms with Crippen LogP contribution in [0.2, 0.25) is 0 Å². The van der Waals surface area contributed by atoms with Crippen LogP contribution < -0.4 is 5.32 Å². The highest BCUT2D eigenvalue weighted by Crippen LogP contribution is 2.18. The number of hydrogen-bond acceptors (Lipinski definition) is 5. The van der Waals surface area contributed by atoms with Gasteiger partial charge in [-0.25, -0.2) is 4.98 Å². The lowest BCUT2D eigenvalue weighted by Gasteiger charge is -1.96. The van der Waals surface area contributed by atoms with Crippen molar-refractivity contribution < 1.29 is 14.3 Å². The van der Waals surface area contributed by atoms with E-state index in [9.17, 15) is 4.79 Å². The Bertz CT molecular complexity index is 619. The Labute approximate surface area is 107 Å². The van der Waals surface area contributed by atoms with Gasteiger partial charge < -0.3 is 9.52 Å². The third-order valence-corrected chi connectivity index (χ3v) is 2.81. The summed E-state index contributed by atoms with van der Waals surface area (Å²) in [5.74, 6) is 5.79. The first-order valence-electron chi connectivity index (χ1n) is 5.12. The van der Waals surface area contributed by atoms with Gasteiger partial charge in [-0.2, -0.15) is 0 Å². The molecule has 0 saturated carbocycles. The van der Waals surface area contributed by atoms with E-state index in [0.29, 0.717) is 15.8 Å². The van der Waals surface area contributed by atoms with Gasteiger partial charge in [0, 0.05) is 0 Å². The summed E-state index contributed by atoms with van der Waals surface area (Å²) < 4.78 is 5.19. The summed E-state index contributed by atoms with van der Waals surface area (Å²) in [6, 6.07) is 3.32. The molecule has 0 aliphatic carbocycles. The Balaban J connectivity index is 2.05. The van der Waals surface area contributed by atoms with E-state index in [4.69, 9.17) is 9.52 Å². The molecule has 0 saturated heterocycles. The van der Waals surface area contributed by atoms with Crippen molar-refractivity contribution in [1.82, 2.24) is 4.98 Å². The van der Waals surface area contributed by atoms with E-state index < -0.39 is 0 Å². The number of aliphatic hydroxyl groups excluding tert-OH is 1. The minimum Gasteiger partial charge on any atom is -0.456 e. The lowest BCUT2D eigenvalue weighted by Crippen LogP contribution is -2.10. The van der Waals surface area contributed by atoms with E-state index >= 15 is 0 Å². The summed E-state index contributed by atoms with van der Waals surface area (Å²) in [5.41, 5.74) is 0. The average molecular weight is 262 g/mol. The molecule has 2 aromatic heterocycles. The zero-order valence-electron chi connectivity index (χ0n) is 9.56. The van der Waals surface area contributed by atoms with Crippen molar-refractivity contribution >= 4 is 22.4 Å². The van der Waals surface area contributed by atoms with Gasteiger partial charge in [0.2, 0.25) is 0 Å².